The van der Waals surface area contributed by atoms with Crippen molar-refractivity contribution in [3.05, 3.63) is 65.9 Å². The van der Waals surface area contributed by atoms with Gasteiger partial charge in [0.05, 0.1) is 13.3 Å². The van der Waals surface area contributed by atoms with Crippen molar-refractivity contribution in [2.24, 2.45) is 0 Å². The minimum atomic E-state index is 0.854. The maximum absolute atomic E-state index is 5.18. The Labute approximate surface area is 145 Å². The fourth-order valence-corrected chi connectivity index (χ4v) is 3.81. The maximum Gasteiger partial charge on any atom is 0.189 e. The first-order valence-corrected chi connectivity index (χ1v) is 8.82. The molecule has 0 spiro atoms. The minimum Gasteiger partial charge on any atom is -0.497 e. The third-order valence-corrected chi connectivity index (χ3v) is 5.25. The molecule has 2 aromatic carbocycles. The van der Waals surface area contributed by atoms with Gasteiger partial charge >= 0.3 is 0 Å². The first kappa shape index (κ1) is 15.0. The highest BCUT2D eigenvalue weighted by Gasteiger charge is 2.18. The van der Waals surface area contributed by atoms with Crippen molar-refractivity contribution in [2.45, 2.75) is 13.0 Å². The number of thiazole rings is 1. The quantitative estimate of drug-likeness (QED) is 0.763. The fourth-order valence-electron chi connectivity index (χ4n) is 2.95. The molecule has 1 N–H and O–H groups in total. The normalized spacial score (nSPS) is 13.5. The number of benzene rings is 2. The van der Waals surface area contributed by atoms with Crippen LogP contribution in [-0.4, -0.2) is 18.6 Å². The number of aromatic nitrogens is 1. The average molecular weight is 337 g/mol. The van der Waals surface area contributed by atoms with Crippen LogP contribution in [0.2, 0.25) is 0 Å². The van der Waals surface area contributed by atoms with E-state index in [-0.39, 0.29) is 0 Å². The summed E-state index contributed by atoms with van der Waals surface area (Å²) >= 11 is 1.69. The van der Waals surface area contributed by atoms with Gasteiger partial charge in [-0.2, -0.15) is 0 Å². The van der Waals surface area contributed by atoms with Crippen LogP contribution >= 0.6 is 11.3 Å². The van der Waals surface area contributed by atoms with Gasteiger partial charge in [0, 0.05) is 18.8 Å². The Kier molecular flexibility index (Phi) is 4.09. The van der Waals surface area contributed by atoms with Gasteiger partial charge in [-0.1, -0.05) is 35.6 Å². The van der Waals surface area contributed by atoms with Gasteiger partial charge in [-0.15, -0.1) is 0 Å². The van der Waals surface area contributed by atoms with E-state index in [2.05, 4.69) is 39.5 Å². The van der Waals surface area contributed by atoms with Gasteiger partial charge in [-0.25, -0.2) is 4.98 Å². The topological polar surface area (TPSA) is 37.4 Å². The monoisotopic (exact) mass is 337 g/mol. The van der Waals surface area contributed by atoms with Crippen LogP contribution in [0.4, 0.5) is 15.8 Å². The Balaban J connectivity index is 1.47. The molecule has 4 rings (SSSR count). The molecule has 0 unspecified atom stereocenters. The molecule has 0 aliphatic carbocycles. The number of ether oxygens (including phenoxy) is 1. The van der Waals surface area contributed by atoms with E-state index in [4.69, 9.17) is 4.74 Å². The lowest BCUT2D eigenvalue weighted by Gasteiger charge is -2.28. The number of anilines is 3. The molecule has 1 aliphatic rings. The summed E-state index contributed by atoms with van der Waals surface area (Å²) in [7, 11) is 1.67. The van der Waals surface area contributed by atoms with E-state index in [1.165, 1.54) is 16.1 Å². The summed E-state index contributed by atoms with van der Waals surface area (Å²) in [4.78, 5) is 6.92. The van der Waals surface area contributed by atoms with Crippen molar-refractivity contribution in [1.82, 2.24) is 4.98 Å². The van der Waals surface area contributed by atoms with Crippen molar-refractivity contribution in [3.63, 3.8) is 0 Å². The second-order valence-corrected chi connectivity index (χ2v) is 6.81. The van der Waals surface area contributed by atoms with Gasteiger partial charge in [0.1, 0.15) is 10.8 Å². The molecule has 0 bridgehead atoms. The van der Waals surface area contributed by atoms with Gasteiger partial charge in [-0.3, -0.25) is 0 Å². The third-order valence-electron chi connectivity index (χ3n) is 4.28. The number of nitrogens with one attached hydrogen (secondary N) is 1. The SMILES string of the molecule is COc1ccc(Nc2ncc(N3CCc4ccccc4C3)s2)cc1. The van der Waals surface area contributed by atoms with Crippen LogP contribution in [0.3, 0.4) is 0 Å². The number of fused-ring (bicyclic) bond motifs is 1. The van der Waals surface area contributed by atoms with Crippen molar-refractivity contribution in [2.75, 3.05) is 23.9 Å². The lowest BCUT2D eigenvalue weighted by atomic mass is 10.0. The zero-order valence-electron chi connectivity index (χ0n) is 13.5. The molecule has 0 fully saturated rings. The van der Waals surface area contributed by atoms with Crippen LogP contribution in [0.1, 0.15) is 11.1 Å². The van der Waals surface area contributed by atoms with E-state index in [9.17, 15) is 0 Å². The molecule has 0 atom stereocenters. The van der Waals surface area contributed by atoms with Gasteiger partial charge < -0.3 is 15.0 Å². The van der Waals surface area contributed by atoms with Crippen LogP contribution in [0.15, 0.2) is 54.7 Å². The van der Waals surface area contributed by atoms with Crippen LogP contribution in [0.5, 0.6) is 5.75 Å². The molecule has 2 heterocycles. The molecular weight excluding hydrogens is 318 g/mol. The van der Waals surface area contributed by atoms with Gasteiger partial charge in [0.25, 0.3) is 0 Å². The van der Waals surface area contributed by atoms with Crippen LogP contribution in [0.25, 0.3) is 0 Å². The standard InChI is InChI=1S/C19H19N3OS/c1-23-17-8-6-16(7-9-17)21-19-20-12-18(24-19)22-11-10-14-4-2-3-5-15(14)13-22/h2-9,12H,10-11,13H2,1H3,(H,20,21). The predicted octanol–water partition coefficient (Wildman–Crippen LogP) is 4.46. The Bertz CT molecular complexity index is 829. The summed E-state index contributed by atoms with van der Waals surface area (Å²) in [5, 5.41) is 5.48. The van der Waals surface area contributed by atoms with Crippen molar-refractivity contribution >= 4 is 27.2 Å². The van der Waals surface area contributed by atoms with E-state index < -0.39 is 0 Å². The predicted molar refractivity (Wildman–Crippen MR) is 99.6 cm³/mol. The van der Waals surface area contributed by atoms with E-state index >= 15 is 0 Å². The molecule has 0 saturated carbocycles. The lowest BCUT2D eigenvalue weighted by Crippen LogP contribution is -2.29. The largest absolute Gasteiger partial charge is 0.497 e. The number of hydrogen-bond donors (Lipinski definition) is 1. The molecule has 1 aromatic heterocycles. The molecule has 0 saturated heterocycles. The zero-order valence-corrected chi connectivity index (χ0v) is 14.3. The molecule has 1 aliphatic heterocycles. The van der Waals surface area contributed by atoms with E-state index in [0.29, 0.717) is 0 Å². The molecule has 0 radical (unpaired) electrons. The summed E-state index contributed by atoms with van der Waals surface area (Å²) in [6.45, 7) is 2.00. The van der Waals surface area contributed by atoms with Gasteiger partial charge in [0.15, 0.2) is 5.13 Å². The van der Waals surface area contributed by atoms with Gasteiger partial charge in [0.2, 0.25) is 0 Å². The summed E-state index contributed by atoms with van der Waals surface area (Å²) in [6, 6.07) is 16.6. The summed E-state index contributed by atoms with van der Waals surface area (Å²) < 4.78 is 5.18. The van der Waals surface area contributed by atoms with Crippen molar-refractivity contribution in [1.29, 1.82) is 0 Å². The highest BCUT2D eigenvalue weighted by molar-refractivity contribution is 7.19. The Morgan fingerprint density at radius 2 is 1.88 bits per heavy atom. The van der Waals surface area contributed by atoms with Crippen LogP contribution < -0.4 is 15.0 Å². The first-order chi connectivity index (χ1) is 11.8. The number of methoxy groups -OCH3 is 1. The molecule has 0 amide bonds. The number of hydrogen-bond acceptors (Lipinski definition) is 5. The zero-order chi connectivity index (χ0) is 16.4. The van der Waals surface area contributed by atoms with Gasteiger partial charge in [-0.05, 0) is 41.8 Å². The van der Waals surface area contributed by atoms with Crippen molar-refractivity contribution < 1.29 is 4.74 Å². The number of nitrogens with zero attached hydrogens (tertiary/aromatic N) is 2. The van der Waals surface area contributed by atoms with Crippen LogP contribution in [-0.2, 0) is 13.0 Å². The van der Waals surface area contributed by atoms with Crippen LogP contribution in [0, 0.1) is 0 Å². The fraction of sp³-hybridized carbons (Fsp3) is 0.211. The average Bonchev–Trinajstić information content (AvgIpc) is 3.10. The first-order valence-electron chi connectivity index (χ1n) is 8.00. The molecule has 4 nitrogen and oxygen atoms in total. The summed E-state index contributed by atoms with van der Waals surface area (Å²) in [5.41, 5.74) is 3.90. The molecule has 122 valence electrons. The Hall–Kier alpha value is -2.53. The molecular formula is C19H19N3OS. The lowest BCUT2D eigenvalue weighted by molar-refractivity contribution is 0.415. The molecule has 5 heteroatoms. The maximum atomic E-state index is 5.18. The van der Waals surface area contributed by atoms with E-state index in [1.54, 1.807) is 18.4 Å². The van der Waals surface area contributed by atoms with E-state index in [1.807, 2.05) is 30.5 Å². The Morgan fingerprint density at radius 3 is 2.67 bits per heavy atom. The van der Waals surface area contributed by atoms with Crippen molar-refractivity contribution in [3.8, 4) is 5.75 Å². The third kappa shape index (κ3) is 3.08. The minimum absolute atomic E-state index is 0.854. The highest BCUT2D eigenvalue weighted by Crippen LogP contribution is 2.32. The highest BCUT2D eigenvalue weighted by atomic mass is 32.1. The smallest absolute Gasteiger partial charge is 0.189 e. The number of rotatable bonds is 4. The second kappa shape index (κ2) is 6.53. The Morgan fingerprint density at radius 1 is 1.08 bits per heavy atom. The second-order valence-electron chi connectivity index (χ2n) is 5.80. The molecule has 24 heavy (non-hydrogen) atoms. The molecule has 3 aromatic rings. The van der Waals surface area contributed by atoms with E-state index in [0.717, 1.165) is 36.1 Å². The summed E-state index contributed by atoms with van der Waals surface area (Å²) in [6.07, 6.45) is 3.06. The summed E-state index contributed by atoms with van der Waals surface area (Å²) in [5.74, 6) is 0.854.